The fourth-order valence-electron chi connectivity index (χ4n) is 2.68. The molecule has 0 saturated carbocycles. The van der Waals surface area contributed by atoms with Crippen molar-refractivity contribution in [2.75, 3.05) is 18.8 Å². The van der Waals surface area contributed by atoms with Crippen molar-refractivity contribution in [3.05, 3.63) is 30.1 Å². The molecule has 0 unspecified atom stereocenters. The summed E-state index contributed by atoms with van der Waals surface area (Å²) in [5.41, 5.74) is 0.397. The zero-order valence-electron chi connectivity index (χ0n) is 13.5. The molecule has 134 valence electrons. The summed E-state index contributed by atoms with van der Waals surface area (Å²) in [5.74, 6) is -1.62. The number of hydrogen-bond donors (Lipinski definition) is 0. The number of halogens is 1. The first-order chi connectivity index (χ1) is 12.0. The van der Waals surface area contributed by atoms with E-state index in [4.69, 9.17) is 4.42 Å². The molecular formula is C16H18FN3O4S. The largest absolute Gasteiger partial charge is 0.408 e. The third kappa shape index (κ3) is 4.22. The van der Waals surface area contributed by atoms with Crippen molar-refractivity contribution in [2.24, 2.45) is 0 Å². The summed E-state index contributed by atoms with van der Waals surface area (Å²) < 4.78 is 42.9. The molecule has 1 fully saturated rings. The molecule has 9 heteroatoms. The Morgan fingerprint density at radius 3 is 2.36 bits per heavy atom. The monoisotopic (exact) mass is 367 g/mol. The lowest BCUT2D eigenvalue weighted by Gasteiger charge is -2.19. The fourth-order valence-corrected chi connectivity index (χ4v) is 3.68. The number of benzene rings is 1. The van der Waals surface area contributed by atoms with E-state index in [0.29, 0.717) is 18.7 Å². The van der Waals surface area contributed by atoms with E-state index in [1.54, 1.807) is 4.90 Å². The van der Waals surface area contributed by atoms with E-state index in [1.165, 1.54) is 24.3 Å². The van der Waals surface area contributed by atoms with Crippen LogP contribution in [0.25, 0.3) is 11.5 Å². The smallest absolute Gasteiger partial charge is 0.336 e. The highest BCUT2D eigenvalue weighted by molar-refractivity contribution is 7.91. The van der Waals surface area contributed by atoms with Crippen molar-refractivity contribution in [1.82, 2.24) is 15.1 Å². The summed E-state index contributed by atoms with van der Waals surface area (Å²) in [6, 6.07) is 5.22. The molecule has 0 aliphatic carbocycles. The third-order valence-corrected chi connectivity index (χ3v) is 5.36. The van der Waals surface area contributed by atoms with E-state index in [-0.39, 0.29) is 5.89 Å². The van der Waals surface area contributed by atoms with E-state index in [9.17, 15) is 17.6 Å². The van der Waals surface area contributed by atoms with Crippen molar-refractivity contribution >= 4 is 15.7 Å². The maximum atomic E-state index is 12.9. The molecule has 7 nitrogen and oxygen atoms in total. The standard InChI is InChI=1S/C16H18FN3O4S/c17-13-7-5-12(6-8-13)15-18-19-16(24-15)25(22,23)11-14(21)20-9-3-1-2-4-10-20/h5-8H,1-4,9-11H2. The Balaban J connectivity index is 1.74. The van der Waals surface area contributed by atoms with Gasteiger partial charge in [0.25, 0.3) is 0 Å². The van der Waals surface area contributed by atoms with Gasteiger partial charge in [0, 0.05) is 18.7 Å². The Hall–Kier alpha value is -2.29. The van der Waals surface area contributed by atoms with Crippen LogP contribution in [0.2, 0.25) is 0 Å². The fraction of sp³-hybridized carbons (Fsp3) is 0.438. The van der Waals surface area contributed by atoms with Gasteiger partial charge in [0.2, 0.25) is 21.6 Å². The first-order valence-electron chi connectivity index (χ1n) is 8.06. The number of amides is 1. The average molecular weight is 367 g/mol. The van der Waals surface area contributed by atoms with Gasteiger partial charge in [-0.25, -0.2) is 12.8 Å². The Morgan fingerprint density at radius 2 is 1.72 bits per heavy atom. The van der Waals surface area contributed by atoms with Crippen LogP contribution in [0.15, 0.2) is 33.9 Å². The molecule has 0 bridgehead atoms. The van der Waals surface area contributed by atoms with Crippen LogP contribution in [0.1, 0.15) is 25.7 Å². The molecule has 3 rings (SSSR count). The molecule has 0 N–H and O–H groups in total. The molecule has 1 aromatic heterocycles. The normalized spacial score (nSPS) is 15.8. The zero-order valence-corrected chi connectivity index (χ0v) is 14.3. The van der Waals surface area contributed by atoms with E-state index < -0.39 is 32.5 Å². The third-order valence-electron chi connectivity index (χ3n) is 4.04. The summed E-state index contributed by atoms with van der Waals surface area (Å²) in [5, 5.41) is 6.61. The van der Waals surface area contributed by atoms with Gasteiger partial charge in [-0.05, 0) is 37.1 Å². The summed E-state index contributed by atoms with van der Waals surface area (Å²) >= 11 is 0. The number of likely N-dealkylation sites (tertiary alicyclic amines) is 1. The molecule has 1 saturated heterocycles. The molecule has 0 atom stereocenters. The van der Waals surface area contributed by atoms with Gasteiger partial charge in [-0.3, -0.25) is 4.79 Å². The zero-order chi connectivity index (χ0) is 17.9. The van der Waals surface area contributed by atoms with Crippen molar-refractivity contribution in [3.8, 4) is 11.5 Å². The van der Waals surface area contributed by atoms with Crippen molar-refractivity contribution in [2.45, 2.75) is 30.9 Å². The predicted molar refractivity (Wildman–Crippen MR) is 86.8 cm³/mol. The molecule has 1 aliphatic rings. The maximum absolute atomic E-state index is 12.9. The van der Waals surface area contributed by atoms with Gasteiger partial charge in [-0.15, -0.1) is 5.10 Å². The van der Waals surface area contributed by atoms with E-state index in [2.05, 4.69) is 10.2 Å². The molecule has 1 aromatic carbocycles. The Morgan fingerprint density at radius 1 is 1.08 bits per heavy atom. The quantitative estimate of drug-likeness (QED) is 0.821. The minimum absolute atomic E-state index is 0.0409. The highest BCUT2D eigenvalue weighted by Gasteiger charge is 2.29. The lowest BCUT2D eigenvalue weighted by atomic mass is 10.2. The van der Waals surface area contributed by atoms with Crippen LogP contribution in [0.4, 0.5) is 4.39 Å². The van der Waals surface area contributed by atoms with Gasteiger partial charge < -0.3 is 9.32 Å². The molecule has 1 aliphatic heterocycles. The van der Waals surface area contributed by atoms with Crippen LogP contribution in [0.5, 0.6) is 0 Å². The van der Waals surface area contributed by atoms with Gasteiger partial charge in [0.05, 0.1) is 0 Å². The Labute approximate surface area is 144 Å². The lowest BCUT2D eigenvalue weighted by Crippen LogP contribution is -2.36. The highest BCUT2D eigenvalue weighted by atomic mass is 32.2. The van der Waals surface area contributed by atoms with Gasteiger partial charge >= 0.3 is 5.22 Å². The molecule has 2 aromatic rings. The predicted octanol–water partition coefficient (Wildman–Crippen LogP) is 2.05. The van der Waals surface area contributed by atoms with Gasteiger partial charge in [-0.1, -0.05) is 17.9 Å². The number of hydrogen-bond acceptors (Lipinski definition) is 6. The minimum atomic E-state index is -4.02. The second-order valence-corrected chi connectivity index (χ2v) is 7.80. The SMILES string of the molecule is O=C(CS(=O)(=O)c1nnc(-c2ccc(F)cc2)o1)N1CCCCCC1. The molecule has 0 spiro atoms. The van der Waals surface area contributed by atoms with E-state index >= 15 is 0 Å². The summed E-state index contributed by atoms with van der Waals surface area (Å²) in [6.07, 6.45) is 3.84. The Bertz CT molecular complexity index is 841. The van der Waals surface area contributed by atoms with Crippen molar-refractivity contribution < 1.29 is 22.0 Å². The maximum Gasteiger partial charge on any atom is 0.336 e. The number of aromatic nitrogens is 2. The average Bonchev–Trinajstić information content (AvgIpc) is 2.92. The van der Waals surface area contributed by atoms with E-state index in [0.717, 1.165) is 25.7 Å². The highest BCUT2D eigenvalue weighted by Crippen LogP contribution is 2.21. The minimum Gasteiger partial charge on any atom is -0.408 e. The number of sulfone groups is 1. The molecule has 0 radical (unpaired) electrons. The van der Waals surface area contributed by atoms with Crippen LogP contribution in [-0.4, -0.2) is 48.3 Å². The van der Waals surface area contributed by atoms with Crippen LogP contribution in [0, 0.1) is 5.82 Å². The van der Waals surface area contributed by atoms with Crippen molar-refractivity contribution in [3.63, 3.8) is 0 Å². The Kier molecular flexibility index (Phi) is 5.12. The first kappa shape index (κ1) is 17.5. The van der Waals surface area contributed by atoms with Crippen LogP contribution >= 0.6 is 0 Å². The molecule has 2 heterocycles. The number of carbonyl (C=O) groups excluding carboxylic acids is 1. The first-order valence-corrected chi connectivity index (χ1v) is 9.71. The van der Waals surface area contributed by atoms with Crippen LogP contribution in [0.3, 0.4) is 0 Å². The second kappa shape index (κ2) is 7.30. The topological polar surface area (TPSA) is 93.4 Å². The van der Waals surface area contributed by atoms with Crippen LogP contribution in [-0.2, 0) is 14.6 Å². The number of rotatable bonds is 4. The second-order valence-electron chi connectivity index (χ2n) is 5.93. The number of carbonyl (C=O) groups is 1. The molecule has 1 amide bonds. The number of nitrogens with zero attached hydrogens (tertiary/aromatic N) is 3. The molecule has 25 heavy (non-hydrogen) atoms. The van der Waals surface area contributed by atoms with Crippen LogP contribution < -0.4 is 0 Å². The summed E-state index contributed by atoms with van der Waals surface area (Å²) in [7, 11) is -4.02. The van der Waals surface area contributed by atoms with Gasteiger partial charge in [-0.2, -0.15) is 0 Å². The van der Waals surface area contributed by atoms with Gasteiger partial charge in [0.15, 0.2) is 0 Å². The lowest BCUT2D eigenvalue weighted by molar-refractivity contribution is -0.128. The van der Waals surface area contributed by atoms with Crippen molar-refractivity contribution in [1.29, 1.82) is 0 Å². The molecular weight excluding hydrogens is 349 g/mol. The summed E-state index contributed by atoms with van der Waals surface area (Å²) in [4.78, 5) is 13.8. The summed E-state index contributed by atoms with van der Waals surface area (Å²) in [6.45, 7) is 1.14. The van der Waals surface area contributed by atoms with E-state index in [1.807, 2.05) is 0 Å². The van der Waals surface area contributed by atoms with Gasteiger partial charge in [0.1, 0.15) is 11.6 Å².